The number of carbonyl (C=O) groups is 1. The van der Waals surface area contributed by atoms with Crippen LogP contribution in [0.3, 0.4) is 0 Å². The van der Waals surface area contributed by atoms with Gasteiger partial charge in [0.15, 0.2) is 0 Å². The molecule has 1 aromatic heterocycles. The third-order valence-corrected chi connectivity index (χ3v) is 1.51. The summed E-state index contributed by atoms with van der Waals surface area (Å²) in [6.45, 7) is 1.48. The molecule has 0 radical (unpaired) electrons. The topological polar surface area (TPSA) is 63.1 Å². The van der Waals surface area contributed by atoms with Gasteiger partial charge in [0.1, 0.15) is 5.15 Å². The SMILES string of the molecule is C/C(=C\c1cncc(Cl)n1)C(=O)O. The van der Waals surface area contributed by atoms with E-state index in [1.54, 1.807) is 0 Å². The number of rotatable bonds is 2. The zero-order valence-corrected chi connectivity index (χ0v) is 7.62. The van der Waals surface area contributed by atoms with Crippen molar-refractivity contribution in [3.8, 4) is 0 Å². The van der Waals surface area contributed by atoms with Crippen LogP contribution in [0.25, 0.3) is 6.08 Å². The van der Waals surface area contributed by atoms with Crippen LogP contribution < -0.4 is 0 Å². The molecule has 0 aliphatic carbocycles. The highest BCUT2D eigenvalue weighted by Gasteiger charge is 2.00. The predicted octanol–water partition coefficient (Wildman–Crippen LogP) is 1.62. The van der Waals surface area contributed by atoms with Gasteiger partial charge in [-0.25, -0.2) is 9.78 Å². The lowest BCUT2D eigenvalue weighted by Crippen LogP contribution is -1.96. The van der Waals surface area contributed by atoms with Crippen molar-refractivity contribution in [2.75, 3.05) is 0 Å². The number of carboxylic acid groups (broad SMARTS) is 1. The first-order valence-electron chi connectivity index (χ1n) is 3.49. The second-order valence-corrected chi connectivity index (χ2v) is 2.79. The molecule has 1 N–H and O–H groups in total. The zero-order valence-electron chi connectivity index (χ0n) is 6.86. The lowest BCUT2D eigenvalue weighted by atomic mass is 10.2. The molecule has 4 nitrogen and oxygen atoms in total. The van der Waals surface area contributed by atoms with E-state index in [0.29, 0.717) is 5.69 Å². The van der Waals surface area contributed by atoms with E-state index in [9.17, 15) is 4.79 Å². The number of nitrogens with zero attached hydrogens (tertiary/aromatic N) is 2. The summed E-state index contributed by atoms with van der Waals surface area (Å²) in [6, 6.07) is 0. The number of hydrogen-bond donors (Lipinski definition) is 1. The molecule has 0 atom stereocenters. The molecule has 0 spiro atoms. The van der Waals surface area contributed by atoms with Crippen molar-refractivity contribution in [2.45, 2.75) is 6.92 Å². The Bertz CT molecular complexity index is 363. The summed E-state index contributed by atoms with van der Waals surface area (Å²) in [6.07, 6.45) is 4.23. The first-order chi connectivity index (χ1) is 6.09. The Morgan fingerprint density at radius 1 is 1.62 bits per heavy atom. The van der Waals surface area contributed by atoms with Crippen molar-refractivity contribution in [3.63, 3.8) is 0 Å². The number of halogens is 1. The monoisotopic (exact) mass is 198 g/mol. The van der Waals surface area contributed by atoms with Crippen LogP contribution in [0.2, 0.25) is 5.15 Å². The molecule has 0 aliphatic rings. The number of aromatic nitrogens is 2. The minimum Gasteiger partial charge on any atom is -0.478 e. The highest BCUT2D eigenvalue weighted by atomic mass is 35.5. The molecule has 0 aliphatic heterocycles. The van der Waals surface area contributed by atoms with Crippen LogP contribution in [-0.4, -0.2) is 21.0 Å². The second kappa shape index (κ2) is 4.00. The minimum absolute atomic E-state index is 0.191. The van der Waals surface area contributed by atoms with E-state index in [4.69, 9.17) is 16.7 Å². The van der Waals surface area contributed by atoms with E-state index in [1.165, 1.54) is 25.4 Å². The van der Waals surface area contributed by atoms with Gasteiger partial charge < -0.3 is 5.11 Å². The molecule has 0 fully saturated rings. The van der Waals surface area contributed by atoms with Crippen LogP contribution in [0.15, 0.2) is 18.0 Å². The molecule has 0 unspecified atom stereocenters. The molecule has 1 heterocycles. The van der Waals surface area contributed by atoms with Crippen LogP contribution in [-0.2, 0) is 4.79 Å². The largest absolute Gasteiger partial charge is 0.478 e. The van der Waals surface area contributed by atoms with E-state index in [0.717, 1.165) is 0 Å². The molecule has 5 heteroatoms. The van der Waals surface area contributed by atoms with Gasteiger partial charge >= 0.3 is 5.97 Å². The summed E-state index contributed by atoms with van der Waals surface area (Å²) in [5, 5.41) is 8.81. The fourth-order valence-electron chi connectivity index (χ4n) is 0.709. The van der Waals surface area contributed by atoms with E-state index in [-0.39, 0.29) is 10.7 Å². The normalized spacial score (nSPS) is 11.4. The lowest BCUT2D eigenvalue weighted by molar-refractivity contribution is -0.132. The molecule has 0 saturated carbocycles. The Balaban J connectivity index is 2.97. The maximum atomic E-state index is 10.4. The van der Waals surface area contributed by atoms with Gasteiger partial charge in [-0.3, -0.25) is 4.98 Å². The molecule has 0 bridgehead atoms. The molecule has 13 heavy (non-hydrogen) atoms. The first-order valence-corrected chi connectivity index (χ1v) is 3.86. The molecular formula is C8H7ClN2O2. The summed E-state index contributed by atoms with van der Waals surface area (Å²) in [7, 11) is 0. The van der Waals surface area contributed by atoms with Crippen LogP contribution in [0.5, 0.6) is 0 Å². The Morgan fingerprint density at radius 3 is 2.85 bits per heavy atom. The van der Waals surface area contributed by atoms with Gasteiger partial charge in [0.25, 0.3) is 0 Å². The fourth-order valence-corrected chi connectivity index (χ4v) is 0.863. The highest BCUT2D eigenvalue weighted by molar-refractivity contribution is 6.29. The third-order valence-electron chi connectivity index (χ3n) is 1.33. The average Bonchev–Trinajstić information content (AvgIpc) is 2.04. The lowest BCUT2D eigenvalue weighted by Gasteiger charge is -1.94. The minimum atomic E-state index is -0.984. The molecule has 0 saturated heterocycles. The maximum absolute atomic E-state index is 10.4. The summed E-state index contributed by atoms with van der Waals surface area (Å²) >= 11 is 5.56. The fraction of sp³-hybridized carbons (Fsp3) is 0.125. The van der Waals surface area contributed by atoms with Crippen LogP contribution in [0, 0.1) is 0 Å². The van der Waals surface area contributed by atoms with Gasteiger partial charge in [0.05, 0.1) is 18.1 Å². The summed E-state index contributed by atoms with van der Waals surface area (Å²) in [4.78, 5) is 18.1. The van der Waals surface area contributed by atoms with Gasteiger partial charge in [-0.15, -0.1) is 0 Å². The summed E-state index contributed by atoms with van der Waals surface area (Å²) < 4.78 is 0. The van der Waals surface area contributed by atoms with E-state index in [2.05, 4.69) is 9.97 Å². The summed E-state index contributed by atoms with van der Waals surface area (Å²) in [5.41, 5.74) is 0.629. The molecule has 0 aromatic carbocycles. The second-order valence-electron chi connectivity index (χ2n) is 2.40. The van der Waals surface area contributed by atoms with Crippen molar-refractivity contribution in [2.24, 2.45) is 0 Å². The van der Waals surface area contributed by atoms with E-state index in [1.807, 2.05) is 0 Å². The Kier molecular flexibility index (Phi) is 2.97. The first kappa shape index (κ1) is 9.67. The Hall–Kier alpha value is -1.42. The molecule has 0 amide bonds. The summed E-state index contributed by atoms with van der Waals surface area (Å²) in [5.74, 6) is -0.984. The van der Waals surface area contributed by atoms with E-state index >= 15 is 0 Å². The molecule has 1 aromatic rings. The van der Waals surface area contributed by atoms with Crippen molar-refractivity contribution in [1.29, 1.82) is 0 Å². The van der Waals surface area contributed by atoms with Gasteiger partial charge in [0.2, 0.25) is 0 Å². The van der Waals surface area contributed by atoms with Crippen LogP contribution >= 0.6 is 11.6 Å². The Labute approximate surface area is 79.9 Å². The maximum Gasteiger partial charge on any atom is 0.331 e. The number of hydrogen-bond acceptors (Lipinski definition) is 3. The predicted molar refractivity (Wildman–Crippen MR) is 48.3 cm³/mol. The molecular weight excluding hydrogens is 192 g/mol. The van der Waals surface area contributed by atoms with Crippen LogP contribution in [0.4, 0.5) is 0 Å². The standard InChI is InChI=1S/C8H7ClN2O2/c1-5(8(12)13)2-6-3-10-4-7(9)11-6/h2-4H,1H3,(H,12,13)/b5-2+. The zero-order chi connectivity index (χ0) is 9.84. The quantitative estimate of drug-likeness (QED) is 0.734. The Morgan fingerprint density at radius 2 is 2.31 bits per heavy atom. The van der Waals surface area contributed by atoms with Gasteiger partial charge in [0, 0.05) is 5.57 Å². The van der Waals surface area contributed by atoms with Crippen molar-refractivity contribution < 1.29 is 9.90 Å². The van der Waals surface area contributed by atoms with E-state index < -0.39 is 5.97 Å². The number of carboxylic acids is 1. The van der Waals surface area contributed by atoms with Crippen LogP contribution in [0.1, 0.15) is 12.6 Å². The van der Waals surface area contributed by atoms with Gasteiger partial charge in [-0.2, -0.15) is 0 Å². The van der Waals surface area contributed by atoms with Crippen molar-refractivity contribution in [1.82, 2.24) is 9.97 Å². The average molecular weight is 199 g/mol. The van der Waals surface area contributed by atoms with Crippen molar-refractivity contribution >= 4 is 23.6 Å². The van der Waals surface area contributed by atoms with Gasteiger partial charge in [-0.1, -0.05) is 11.6 Å². The number of aliphatic carboxylic acids is 1. The van der Waals surface area contributed by atoms with Gasteiger partial charge in [-0.05, 0) is 13.0 Å². The molecule has 1 rings (SSSR count). The highest BCUT2D eigenvalue weighted by Crippen LogP contribution is 2.06. The van der Waals surface area contributed by atoms with Crippen molar-refractivity contribution in [3.05, 3.63) is 28.8 Å². The third kappa shape index (κ3) is 2.83. The molecule has 68 valence electrons. The smallest absolute Gasteiger partial charge is 0.331 e.